The van der Waals surface area contributed by atoms with Gasteiger partial charge in [-0.05, 0) is 60.4 Å². The number of halogens is 8. The summed E-state index contributed by atoms with van der Waals surface area (Å²) in [6, 6.07) is 10.4. The van der Waals surface area contributed by atoms with Crippen LogP contribution in [-0.4, -0.2) is 77.2 Å². The van der Waals surface area contributed by atoms with Gasteiger partial charge in [-0.3, -0.25) is 9.59 Å². The summed E-state index contributed by atoms with van der Waals surface area (Å²) < 4.78 is 112. The lowest BCUT2D eigenvalue weighted by molar-refractivity contribution is -0.273. The second-order valence-corrected chi connectivity index (χ2v) is 10.7. The number of methoxy groups -OCH3 is 2. The molecule has 2 aromatic carbocycles. The van der Waals surface area contributed by atoms with E-state index in [9.17, 15) is 44.7 Å². The molecular formula is C31H26F8N4O4. The van der Waals surface area contributed by atoms with Crippen molar-refractivity contribution < 1.29 is 54.2 Å². The van der Waals surface area contributed by atoms with Crippen LogP contribution in [-0.2, 0) is 22.4 Å². The molecule has 4 heterocycles. The Hall–Kier alpha value is -5.02. The third-order valence-electron chi connectivity index (χ3n) is 7.98. The first-order valence-electron chi connectivity index (χ1n) is 13.8. The number of ether oxygens (including phenoxy) is 2. The molecule has 2 amide bonds. The number of alkyl halides is 8. The van der Waals surface area contributed by atoms with Crippen molar-refractivity contribution in [2.45, 2.75) is 31.1 Å². The quantitative estimate of drug-likeness (QED) is 0.234. The number of hydrogen-bond acceptors (Lipinski definition) is 4. The number of aromatic nitrogens is 2. The van der Waals surface area contributed by atoms with Gasteiger partial charge in [0.25, 0.3) is 0 Å². The van der Waals surface area contributed by atoms with Crippen LogP contribution in [0.4, 0.5) is 35.1 Å². The van der Waals surface area contributed by atoms with Crippen LogP contribution >= 0.6 is 0 Å². The van der Waals surface area contributed by atoms with E-state index in [1.807, 2.05) is 6.07 Å². The summed E-state index contributed by atoms with van der Waals surface area (Å²) in [7, 11) is 3.03. The van der Waals surface area contributed by atoms with Crippen molar-refractivity contribution in [2.24, 2.45) is 0 Å². The molecule has 16 heteroatoms. The third kappa shape index (κ3) is 5.76. The van der Waals surface area contributed by atoms with Gasteiger partial charge >= 0.3 is 30.1 Å². The van der Waals surface area contributed by atoms with Crippen molar-refractivity contribution in [3.8, 4) is 11.5 Å². The summed E-state index contributed by atoms with van der Waals surface area (Å²) in [6.07, 6.45) is -10.4. The molecule has 0 fully saturated rings. The third-order valence-corrected chi connectivity index (χ3v) is 7.98. The summed E-state index contributed by atoms with van der Waals surface area (Å²) in [5.74, 6) is -8.45. The Morgan fingerprint density at radius 2 is 1.11 bits per heavy atom. The largest absolute Gasteiger partial charge is 0.497 e. The van der Waals surface area contributed by atoms with Crippen molar-refractivity contribution in [2.75, 3.05) is 27.3 Å². The number of nitrogens with zero attached hydrogens (tertiary/aromatic N) is 2. The maximum Gasteiger partial charge on any atom is 0.471 e. The first-order valence-corrected chi connectivity index (χ1v) is 13.8. The monoisotopic (exact) mass is 670 g/mol. The Labute approximate surface area is 261 Å². The molecule has 250 valence electrons. The predicted octanol–water partition coefficient (Wildman–Crippen LogP) is 6.82. The molecule has 0 unspecified atom stereocenters. The second kappa shape index (κ2) is 11.7. The molecule has 0 saturated carbocycles. The van der Waals surface area contributed by atoms with E-state index < -0.39 is 30.1 Å². The fourth-order valence-electron chi connectivity index (χ4n) is 5.60. The Morgan fingerprint density at radius 1 is 0.702 bits per heavy atom. The molecule has 2 aliphatic heterocycles. The first-order chi connectivity index (χ1) is 21.9. The maximum atomic E-state index is 13.4. The number of aromatic amines is 2. The van der Waals surface area contributed by atoms with Crippen LogP contribution in [0.2, 0.25) is 0 Å². The lowest BCUT2D eigenvalue weighted by Gasteiger charge is -2.32. The fourth-order valence-corrected chi connectivity index (χ4v) is 5.60. The lowest BCUT2D eigenvalue weighted by Crippen LogP contribution is -2.52. The average Bonchev–Trinajstić information content (AvgIpc) is 3.58. The van der Waals surface area contributed by atoms with Crippen LogP contribution in [0.25, 0.3) is 33.2 Å². The van der Waals surface area contributed by atoms with Crippen molar-refractivity contribution in [3.63, 3.8) is 0 Å². The average molecular weight is 671 g/mol. The van der Waals surface area contributed by atoms with Crippen molar-refractivity contribution >= 4 is 45.0 Å². The molecular weight excluding hydrogens is 644 g/mol. The van der Waals surface area contributed by atoms with E-state index in [-0.39, 0.29) is 36.6 Å². The Morgan fingerprint density at radius 3 is 1.47 bits per heavy atom. The van der Waals surface area contributed by atoms with Crippen LogP contribution < -0.4 is 9.47 Å². The highest BCUT2D eigenvalue weighted by atomic mass is 19.4. The molecule has 2 aromatic heterocycles. The van der Waals surface area contributed by atoms with Gasteiger partial charge in [0.2, 0.25) is 0 Å². The Balaban J connectivity index is 0.000000186. The van der Waals surface area contributed by atoms with Crippen molar-refractivity contribution in [3.05, 3.63) is 72.1 Å². The van der Waals surface area contributed by atoms with E-state index in [0.717, 1.165) is 21.9 Å². The lowest BCUT2D eigenvalue weighted by atomic mass is 10.0. The Kier molecular flexibility index (Phi) is 8.27. The summed E-state index contributed by atoms with van der Waals surface area (Å²) in [4.78, 5) is 30.2. The highest BCUT2D eigenvalue weighted by molar-refractivity contribution is 5.97. The zero-order valence-electron chi connectivity index (χ0n) is 24.8. The number of H-pyrrole nitrogens is 2. The molecule has 0 radical (unpaired) electrons. The SMILES string of the molecule is C=C1c2[nH]c3ccc(OC)cc3c2CCN1C(=O)C(F)(F)C(F)(F)F.C=C1c2[nH]c3ccc(OC)cc3c2CCN1C(=O)C(F)(F)F. The minimum Gasteiger partial charge on any atom is -0.497 e. The van der Waals surface area contributed by atoms with Gasteiger partial charge in [-0.25, -0.2) is 0 Å². The maximum absolute atomic E-state index is 13.4. The minimum absolute atomic E-state index is 0.0405. The highest BCUT2D eigenvalue weighted by Crippen LogP contribution is 2.41. The summed E-state index contributed by atoms with van der Waals surface area (Å²) in [5, 5.41) is 1.61. The number of carbonyl (C=O) groups excluding carboxylic acids is 2. The fraction of sp³-hybridized carbons (Fsp3) is 0.290. The minimum atomic E-state index is -5.96. The van der Waals surface area contributed by atoms with E-state index in [1.165, 1.54) is 7.11 Å². The second-order valence-electron chi connectivity index (χ2n) is 10.7. The zero-order valence-corrected chi connectivity index (χ0v) is 24.8. The molecule has 6 rings (SSSR count). The number of benzene rings is 2. The van der Waals surface area contributed by atoms with Gasteiger partial charge < -0.3 is 29.2 Å². The molecule has 2 N–H and O–H groups in total. The van der Waals surface area contributed by atoms with Crippen molar-refractivity contribution in [1.82, 2.24) is 19.8 Å². The van der Waals surface area contributed by atoms with Crippen LogP contribution in [0, 0.1) is 0 Å². The number of hydrogen-bond donors (Lipinski definition) is 2. The molecule has 4 aromatic rings. The van der Waals surface area contributed by atoms with Gasteiger partial charge in [0.1, 0.15) is 11.5 Å². The normalized spacial score (nSPS) is 15.3. The number of amides is 2. The van der Waals surface area contributed by atoms with Crippen LogP contribution in [0.3, 0.4) is 0 Å². The number of fused-ring (bicyclic) bond motifs is 6. The van der Waals surface area contributed by atoms with E-state index >= 15 is 0 Å². The number of nitrogens with one attached hydrogen (secondary N) is 2. The first kappa shape index (κ1) is 33.3. The van der Waals surface area contributed by atoms with Crippen LogP contribution in [0.5, 0.6) is 11.5 Å². The van der Waals surface area contributed by atoms with Gasteiger partial charge in [0.05, 0.1) is 37.0 Å². The summed E-state index contributed by atoms with van der Waals surface area (Å²) >= 11 is 0. The van der Waals surface area contributed by atoms with Gasteiger partial charge in [-0.2, -0.15) is 35.1 Å². The molecule has 8 nitrogen and oxygen atoms in total. The van der Waals surface area contributed by atoms with Gasteiger partial charge in [0.15, 0.2) is 0 Å². The van der Waals surface area contributed by atoms with E-state index in [2.05, 4.69) is 23.1 Å². The molecule has 0 spiro atoms. The van der Waals surface area contributed by atoms with E-state index in [4.69, 9.17) is 9.47 Å². The number of carbonyl (C=O) groups is 2. The van der Waals surface area contributed by atoms with Gasteiger partial charge in [-0.15, -0.1) is 0 Å². The standard InChI is InChI=1S/C16H13F5N2O2.C15H13F3N2O2/c1-8-13-10(11-7-9(25-2)3-4-12(11)22-13)5-6-23(8)14(24)15(17,18)16(19,20)21;1-8-13-10(5-6-20(8)14(21)15(16,17)18)11-7-9(22-2)3-4-12(11)19-13/h3-4,7,22H,1,5-6H2,2H3;3-4,7,19H,1,5-6H2,2H3. The molecule has 0 saturated heterocycles. The molecule has 0 bridgehead atoms. The van der Waals surface area contributed by atoms with Crippen LogP contribution in [0.1, 0.15) is 22.5 Å². The van der Waals surface area contributed by atoms with Crippen LogP contribution in [0.15, 0.2) is 49.6 Å². The molecule has 2 aliphatic rings. The van der Waals surface area contributed by atoms with Gasteiger partial charge in [0, 0.05) is 34.9 Å². The van der Waals surface area contributed by atoms with Crippen molar-refractivity contribution in [1.29, 1.82) is 0 Å². The highest BCUT2D eigenvalue weighted by Gasteiger charge is 2.65. The van der Waals surface area contributed by atoms with E-state index in [1.54, 1.807) is 37.4 Å². The topological polar surface area (TPSA) is 90.7 Å². The zero-order chi connectivity index (χ0) is 34.6. The summed E-state index contributed by atoms with van der Waals surface area (Å²) in [5.41, 5.74) is 3.51. The summed E-state index contributed by atoms with van der Waals surface area (Å²) in [6.45, 7) is 6.82. The molecule has 47 heavy (non-hydrogen) atoms. The van der Waals surface area contributed by atoms with Gasteiger partial charge in [-0.1, -0.05) is 13.2 Å². The smallest absolute Gasteiger partial charge is 0.471 e. The molecule has 0 aliphatic carbocycles. The Bertz CT molecular complexity index is 1920. The number of rotatable bonds is 3. The molecule has 0 atom stereocenters. The predicted molar refractivity (Wildman–Crippen MR) is 156 cm³/mol. The van der Waals surface area contributed by atoms with E-state index in [0.29, 0.717) is 44.5 Å².